The smallest absolute Gasteiger partial charge is 0.170 e. The molecule has 0 aromatic heterocycles. The molecule has 0 heterocycles. The van der Waals surface area contributed by atoms with Crippen LogP contribution in [0.3, 0.4) is 0 Å². The third-order valence-electron chi connectivity index (χ3n) is 2.81. The molecule has 106 valence electrons. The lowest BCUT2D eigenvalue weighted by molar-refractivity contribution is 0.190. The Morgan fingerprint density at radius 3 is 2.74 bits per heavy atom. The van der Waals surface area contributed by atoms with Gasteiger partial charge in [0.2, 0.25) is 0 Å². The molecule has 0 atom stereocenters. The molecule has 0 saturated carbocycles. The van der Waals surface area contributed by atoms with Gasteiger partial charge in [0.25, 0.3) is 0 Å². The molecule has 1 aromatic carbocycles. The van der Waals surface area contributed by atoms with Gasteiger partial charge >= 0.3 is 0 Å². The number of hydrogen-bond donors (Lipinski definition) is 3. The summed E-state index contributed by atoms with van der Waals surface area (Å²) in [5.74, 6) is -0.551. The average Bonchev–Trinajstić information content (AvgIpc) is 2.40. The third kappa shape index (κ3) is 4.50. The Morgan fingerprint density at radius 1 is 1.42 bits per heavy atom. The topological polar surface area (TPSA) is 82.1 Å². The van der Waals surface area contributed by atoms with Crippen molar-refractivity contribution >= 4 is 5.84 Å². The number of oxime groups is 1. The van der Waals surface area contributed by atoms with Crippen LogP contribution in [0.5, 0.6) is 0 Å². The highest BCUT2D eigenvalue weighted by Gasteiger charge is 2.12. The van der Waals surface area contributed by atoms with E-state index in [-0.39, 0.29) is 12.4 Å². The monoisotopic (exact) mass is 269 g/mol. The Kier molecular flexibility index (Phi) is 6.24. The van der Waals surface area contributed by atoms with Gasteiger partial charge < -0.3 is 16.0 Å². The molecule has 0 fully saturated rings. The van der Waals surface area contributed by atoms with Gasteiger partial charge in [-0.2, -0.15) is 0 Å². The van der Waals surface area contributed by atoms with E-state index >= 15 is 0 Å². The van der Waals surface area contributed by atoms with E-state index in [4.69, 9.17) is 16.0 Å². The predicted molar refractivity (Wildman–Crippen MR) is 71.6 cm³/mol. The van der Waals surface area contributed by atoms with Gasteiger partial charge in [-0.15, -0.1) is 0 Å². The molecule has 1 rings (SSSR count). The molecule has 5 nitrogen and oxygen atoms in total. The van der Waals surface area contributed by atoms with Crippen LogP contribution in [-0.2, 0) is 6.54 Å². The first-order valence-electron chi connectivity index (χ1n) is 6.21. The molecule has 0 saturated heterocycles. The number of aliphatic hydroxyl groups excluding tert-OH is 1. The number of amidine groups is 1. The summed E-state index contributed by atoms with van der Waals surface area (Å²) in [6.45, 7) is 3.95. The number of benzene rings is 1. The van der Waals surface area contributed by atoms with Crippen LogP contribution in [0.2, 0.25) is 0 Å². The van der Waals surface area contributed by atoms with Crippen molar-refractivity contribution in [2.75, 3.05) is 19.7 Å². The highest BCUT2D eigenvalue weighted by Crippen LogP contribution is 2.14. The van der Waals surface area contributed by atoms with Gasteiger partial charge in [0.15, 0.2) is 5.84 Å². The summed E-state index contributed by atoms with van der Waals surface area (Å²) in [6.07, 6.45) is 0.945. The van der Waals surface area contributed by atoms with Gasteiger partial charge in [0.1, 0.15) is 5.82 Å². The maximum atomic E-state index is 13.2. The van der Waals surface area contributed by atoms with Crippen molar-refractivity contribution in [2.24, 2.45) is 10.9 Å². The largest absolute Gasteiger partial charge is 0.409 e. The van der Waals surface area contributed by atoms with E-state index in [2.05, 4.69) is 5.16 Å². The molecule has 0 aliphatic rings. The summed E-state index contributed by atoms with van der Waals surface area (Å²) in [7, 11) is 0. The fraction of sp³-hybridized carbons (Fsp3) is 0.462. The van der Waals surface area contributed by atoms with Crippen molar-refractivity contribution in [3.8, 4) is 0 Å². The number of rotatable bonds is 7. The van der Waals surface area contributed by atoms with E-state index < -0.39 is 5.82 Å². The van der Waals surface area contributed by atoms with Crippen molar-refractivity contribution < 1.29 is 14.7 Å². The summed E-state index contributed by atoms with van der Waals surface area (Å²) in [5.41, 5.74) is 6.69. The summed E-state index contributed by atoms with van der Waals surface area (Å²) in [6, 6.07) is 4.20. The van der Waals surface area contributed by atoms with E-state index in [0.717, 1.165) is 18.5 Å². The molecule has 0 bridgehead atoms. The minimum absolute atomic E-state index is 0.0557. The molecule has 0 unspecified atom stereocenters. The van der Waals surface area contributed by atoms with E-state index in [9.17, 15) is 4.39 Å². The van der Waals surface area contributed by atoms with Gasteiger partial charge in [-0.25, -0.2) is 4.39 Å². The Morgan fingerprint density at radius 2 is 2.16 bits per heavy atom. The highest BCUT2D eigenvalue weighted by atomic mass is 19.1. The summed E-state index contributed by atoms with van der Waals surface area (Å²) in [4.78, 5) is 2.03. The maximum Gasteiger partial charge on any atom is 0.170 e. The molecular formula is C13H20FN3O2. The molecular weight excluding hydrogens is 249 g/mol. The van der Waals surface area contributed by atoms with Crippen molar-refractivity contribution in [1.29, 1.82) is 0 Å². The number of nitrogens with two attached hydrogens (primary N) is 1. The van der Waals surface area contributed by atoms with Gasteiger partial charge in [-0.1, -0.05) is 18.1 Å². The first-order chi connectivity index (χ1) is 9.12. The molecule has 0 amide bonds. The second-order valence-corrected chi connectivity index (χ2v) is 4.29. The van der Waals surface area contributed by atoms with Crippen LogP contribution < -0.4 is 5.73 Å². The lowest BCUT2D eigenvalue weighted by atomic mass is 10.1. The van der Waals surface area contributed by atoms with E-state index in [1.165, 1.54) is 12.1 Å². The normalized spacial score (nSPS) is 12.1. The lowest BCUT2D eigenvalue weighted by Gasteiger charge is -2.22. The summed E-state index contributed by atoms with van der Waals surface area (Å²) >= 11 is 0. The quantitative estimate of drug-likeness (QED) is 0.300. The predicted octanol–water partition coefficient (Wildman–Crippen LogP) is 1.12. The number of nitrogens with zero attached hydrogens (tertiary/aromatic N) is 2. The molecule has 0 radical (unpaired) electrons. The van der Waals surface area contributed by atoms with Crippen LogP contribution in [-0.4, -0.2) is 40.7 Å². The zero-order valence-corrected chi connectivity index (χ0v) is 11.0. The second-order valence-electron chi connectivity index (χ2n) is 4.29. The zero-order valence-electron chi connectivity index (χ0n) is 11.0. The second kappa shape index (κ2) is 7.70. The van der Waals surface area contributed by atoms with E-state index in [1.54, 1.807) is 6.07 Å². The zero-order chi connectivity index (χ0) is 14.3. The Balaban J connectivity index is 2.98. The third-order valence-corrected chi connectivity index (χ3v) is 2.81. The molecule has 0 aliphatic carbocycles. The van der Waals surface area contributed by atoms with Crippen LogP contribution in [0, 0.1) is 5.82 Å². The van der Waals surface area contributed by atoms with Gasteiger partial charge in [-0.05, 0) is 30.7 Å². The SMILES string of the molecule is CCCN(CCO)Cc1ccc(F)cc1C(N)=NO. The molecule has 0 aliphatic heterocycles. The maximum absolute atomic E-state index is 13.2. The van der Waals surface area contributed by atoms with Gasteiger partial charge in [0.05, 0.1) is 6.61 Å². The number of hydrogen-bond acceptors (Lipinski definition) is 4. The Labute approximate surface area is 112 Å². The van der Waals surface area contributed by atoms with Crippen molar-refractivity contribution in [3.05, 3.63) is 35.1 Å². The van der Waals surface area contributed by atoms with Crippen LogP contribution in [0.15, 0.2) is 23.4 Å². The Hall–Kier alpha value is -1.66. The van der Waals surface area contributed by atoms with Crippen LogP contribution in [0.25, 0.3) is 0 Å². The van der Waals surface area contributed by atoms with Crippen LogP contribution in [0.4, 0.5) is 4.39 Å². The number of halogens is 1. The summed E-state index contributed by atoms with van der Waals surface area (Å²) in [5, 5.41) is 20.7. The standard InChI is InChI=1S/C13H20FN3O2/c1-2-5-17(6-7-18)9-10-3-4-11(14)8-12(10)13(15)16-19/h3-4,8,18-19H,2,5-7,9H2,1H3,(H2,15,16). The van der Waals surface area contributed by atoms with Crippen molar-refractivity contribution in [2.45, 2.75) is 19.9 Å². The summed E-state index contributed by atoms with van der Waals surface area (Å²) < 4.78 is 13.2. The Bertz CT molecular complexity index is 432. The van der Waals surface area contributed by atoms with Crippen molar-refractivity contribution in [1.82, 2.24) is 4.90 Å². The van der Waals surface area contributed by atoms with Crippen LogP contribution in [0.1, 0.15) is 24.5 Å². The molecule has 1 aromatic rings. The molecule has 0 spiro atoms. The first kappa shape index (κ1) is 15.4. The fourth-order valence-electron chi connectivity index (χ4n) is 1.95. The molecule has 4 N–H and O–H groups in total. The minimum atomic E-state index is -0.436. The number of aliphatic hydroxyl groups is 1. The van der Waals surface area contributed by atoms with Gasteiger partial charge in [-0.3, -0.25) is 4.90 Å². The minimum Gasteiger partial charge on any atom is -0.409 e. The van der Waals surface area contributed by atoms with Crippen molar-refractivity contribution in [3.63, 3.8) is 0 Å². The van der Waals surface area contributed by atoms with Gasteiger partial charge in [0, 0.05) is 18.7 Å². The highest BCUT2D eigenvalue weighted by molar-refractivity contribution is 5.98. The van der Waals surface area contributed by atoms with E-state index in [0.29, 0.717) is 18.7 Å². The van der Waals surface area contributed by atoms with Crippen LogP contribution >= 0.6 is 0 Å². The van der Waals surface area contributed by atoms with E-state index in [1.807, 2.05) is 11.8 Å². The molecule has 19 heavy (non-hydrogen) atoms. The fourth-order valence-corrected chi connectivity index (χ4v) is 1.95. The first-order valence-corrected chi connectivity index (χ1v) is 6.21. The molecule has 6 heteroatoms. The lowest BCUT2D eigenvalue weighted by Crippen LogP contribution is -2.29. The average molecular weight is 269 g/mol.